The van der Waals surface area contributed by atoms with Crippen LogP contribution in [0, 0.1) is 13.1 Å². The molecule has 0 bridgehead atoms. The molecule has 0 unspecified atom stereocenters. The molecule has 0 aromatic carbocycles. The number of nitrogens with one attached hydrogen (secondary N) is 1. The largest absolute Gasteiger partial charge is 0.452 e. The molecule has 3 nitrogen and oxygen atoms in total. The van der Waals surface area contributed by atoms with E-state index in [0.29, 0.717) is 0 Å². The summed E-state index contributed by atoms with van der Waals surface area (Å²) in [5.74, 6) is 0. The number of aromatic amines is 1. The van der Waals surface area contributed by atoms with Crippen molar-refractivity contribution < 1.29 is 32.7 Å². The molecule has 0 aliphatic carbocycles. The summed E-state index contributed by atoms with van der Waals surface area (Å²) in [4.78, 5) is 16.3. The van der Waals surface area contributed by atoms with E-state index >= 15 is 0 Å². The summed E-state index contributed by atoms with van der Waals surface area (Å²) in [7, 11) is 0. The Morgan fingerprint density at radius 1 is 1.78 bits per heavy atom. The molecule has 0 saturated carbocycles. The summed E-state index contributed by atoms with van der Waals surface area (Å²) in [5, 5.41) is 0. The molecule has 1 radical (unpaired) electrons. The minimum Gasteiger partial charge on any atom is -0.452 e. The van der Waals surface area contributed by atoms with E-state index in [1.807, 2.05) is 0 Å². The van der Waals surface area contributed by atoms with Gasteiger partial charge in [0.25, 0.3) is 0 Å². The monoisotopic (exact) mass is 198 g/mol. The molecule has 1 aromatic rings. The summed E-state index contributed by atoms with van der Waals surface area (Å²) < 4.78 is 0. The molecular formula is C5H5N2OY-. The van der Waals surface area contributed by atoms with Crippen molar-refractivity contribution in [2.24, 2.45) is 0 Å². The number of rotatable bonds is 0. The molecule has 1 heterocycles. The second kappa shape index (κ2) is 3.91. The maximum absolute atomic E-state index is 10.3. The average molecular weight is 198 g/mol. The maximum atomic E-state index is 10.3. The van der Waals surface area contributed by atoms with Gasteiger partial charge in [0.2, 0.25) is 0 Å². The van der Waals surface area contributed by atoms with E-state index in [2.05, 4.69) is 16.2 Å². The molecule has 0 spiro atoms. The van der Waals surface area contributed by atoms with E-state index in [1.165, 1.54) is 0 Å². The Balaban J connectivity index is 0.000000640. The summed E-state index contributed by atoms with van der Waals surface area (Å²) in [5.41, 5.74) is 0.485. The molecule has 1 aromatic heterocycles. The quantitative estimate of drug-likeness (QED) is 0.590. The van der Waals surface area contributed by atoms with Crippen LogP contribution >= 0.6 is 0 Å². The van der Waals surface area contributed by atoms with Crippen molar-refractivity contribution in [2.45, 2.75) is 6.92 Å². The number of nitrogens with zero attached hydrogens (tertiary/aromatic N) is 1. The van der Waals surface area contributed by atoms with Crippen molar-refractivity contribution in [1.29, 1.82) is 0 Å². The Bertz CT molecular complexity index is 232. The third-order valence-corrected chi connectivity index (χ3v) is 0.735. The van der Waals surface area contributed by atoms with Gasteiger partial charge in [0.1, 0.15) is 0 Å². The molecule has 45 valence electrons. The van der Waals surface area contributed by atoms with Gasteiger partial charge in [0.05, 0.1) is 0 Å². The van der Waals surface area contributed by atoms with Crippen molar-refractivity contribution in [3.05, 3.63) is 28.4 Å². The fraction of sp³-hybridized carbons (Fsp3) is 0.200. The minimum atomic E-state index is -0.273. The Kier molecular flexibility index (Phi) is 3.90. The van der Waals surface area contributed by atoms with Crippen LogP contribution in [-0.2, 0) is 32.7 Å². The third-order valence-electron chi connectivity index (χ3n) is 0.735. The van der Waals surface area contributed by atoms with Crippen molar-refractivity contribution in [3.8, 4) is 0 Å². The van der Waals surface area contributed by atoms with Gasteiger partial charge in [-0.1, -0.05) is 11.9 Å². The van der Waals surface area contributed by atoms with Crippen LogP contribution in [-0.4, -0.2) is 9.97 Å². The van der Waals surface area contributed by atoms with Crippen LogP contribution in [0.25, 0.3) is 0 Å². The molecule has 0 atom stereocenters. The molecule has 0 aliphatic rings. The van der Waals surface area contributed by atoms with Crippen molar-refractivity contribution >= 4 is 0 Å². The van der Waals surface area contributed by atoms with Crippen LogP contribution in [0.5, 0.6) is 0 Å². The van der Waals surface area contributed by atoms with Gasteiger partial charge in [-0.2, -0.15) is 0 Å². The second-order valence-electron chi connectivity index (χ2n) is 1.51. The fourth-order valence-electron chi connectivity index (χ4n) is 0.427. The van der Waals surface area contributed by atoms with E-state index < -0.39 is 0 Å². The predicted octanol–water partition coefficient (Wildman–Crippen LogP) is -0.124. The normalized spacial score (nSPS) is 8.11. The summed E-state index contributed by atoms with van der Waals surface area (Å²) in [6.45, 7) is 1.77. The molecule has 1 N–H and O–H groups in total. The van der Waals surface area contributed by atoms with Gasteiger partial charge in [-0.05, 0) is 6.92 Å². The van der Waals surface area contributed by atoms with Crippen LogP contribution in [0.1, 0.15) is 5.69 Å². The Labute approximate surface area is 77.8 Å². The summed E-state index contributed by atoms with van der Waals surface area (Å²) in [6, 6.07) is 0. The van der Waals surface area contributed by atoms with Gasteiger partial charge in [-0.25, -0.2) is 0 Å². The molecule has 0 fully saturated rings. The zero-order valence-electron chi connectivity index (χ0n) is 5.01. The van der Waals surface area contributed by atoms with Crippen LogP contribution in [0.2, 0.25) is 0 Å². The predicted molar refractivity (Wildman–Crippen MR) is 28.4 cm³/mol. The molecular weight excluding hydrogens is 193 g/mol. The summed E-state index contributed by atoms with van der Waals surface area (Å²) in [6.07, 6.45) is 3.75. The van der Waals surface area contributed by atoms with E-state index in [9.17, 15) is 4.79 Å². The standard InChI is InChI=1S/C5H5N2O.Y/c1-4-2-6-3-5(8)7-4;/h2H,1H3,(H,7,8);/q-1;. The smallest absolute Gasteiger partial charge is 0.174 e. The number of hydrogen-bond donors (Lipinski definition) is 1. The van der Waals surface area contributed by atoms with E-state index in [4.69, 9.17) is 0 Å². The maximum Gasteiger partial charge on any atom is 0.174 e. The van der Waals surface area contributed by atoms with Gasteiger partial charge >= 0.3 is 0 Å². The zero-order chi connectivity index (χ0) is 5.98. The molecule has 4 heteroatoms. The first-order chi connectivity index (χ1) is 3.79. The second-order valence-corrected chi connectivity index (χ2v) is 1.51. The van der Waals surface area contributed by atoms with Crippen molar-refractivity contribution in [1.82, 2.24) is 9.97 Å². The van der Waals surface area contributed by atoms with E-state index in [0.717, 1.165) is 5.69 Å². The Morgan fingerprint density at radius 2 is 2.44 bits per heavy atom. The molecule has 1 rings (SSSR count). The Hall–Kier alpha value is -0.0161. The molecule has 0 aliphatic heterocycles. The van der Waals surface area contributed by atoms with Gasteiger partial charge in [-0.3, -0.25) is 4.79 Å². The average Bonchev–Trinajstić information content (AvgIpc) is 1.64. The van der Waals surface area contributed by atoms with Crippen LogP contribution in [0.3, 0.4) is 0 Å². The molecule has 0 amide bonds. The summed E-state index contributed by atoms with van der Waals surface area (Å²) >= 11 is 0. The number of H-pyrrole nitrogens is 1. The minimum absolute atomic E-state index is 0. The first-order valence-corrected chi connectivity index (χ1v) is 2.22. The first-order valence-electron chi connectivity index (χ1n) is 2.22. The van der Waals surface area contributed by atoms with Crippen molar-refractivity contribution in [3.63, 3.8) is 0 Å². The van der Waals surface area contributed by atoms with Gasteiger partial charge in [0.15, 0.2) is 5.56 Å². The van der Waals surface area contributed by atoms with E-state index in [1.54, 1.807) is 13.1 Å². The number of aromatic nitrogens is 2. The third kappa shape index (κ3) is 2.87. The zero-order valence-corrected chi connectivity index (χ0v) is 7.85. The SMILES string of the molecule is Cc1cn[c-]c(=O)[nH]1.[Y]. The topological polar surface area (TPSA) is 45.8 Å². The van der Waals surface area contributed by atoms with Crippen molar-refractivity contribution in [2.75, 3.05) is 0 Å². The van der Waals surface area contributed by atoms with Gasteiger partial charge in [0, 0.05) is 32.7 Å². The number of aryl methyl sites for hydroxylation is 1. The molecule has 0 saturated heterocycles. The van der Waals surface area contributed by atoms with Gasteiger partial charge in [-0.15, -0.1) is 6.20 Å². The van der Waals surface area contributed by atoms with Gasteiger partial charge < -0.3 is 9.97 Å². The van der Waals surface area contributed by atoms with Crippen LogP contribution < -0.4 is 5.56 Å². The first kappa shape index (κ1) is 8.98. The van der Waals surface area contributed by atoms with E-state index in [-0.39, 0.29) is 38.3 Å². The fourth-order valence-corrected chi connectivity index (χ4v) is 0.427. The number of hydrogen-bond acceptors (Lipinski definition) is 2. The van der Waals surface area contributed by atoms with Crippen LogP contribution in [0.15, 0.2) is 11.0 Å². The molecule has 9 heavy (non-hydrogen) atoms. The van der Waals surface area contributed by atoms with Crippen LogP contribution in [0.4, 0.5) is 0 Å². The Morgan fingerprint density at radius 3 is 2.78 bits per heavy atom.